The van der Waals surface area contributed by atoms with Gasteiger partial charge in [0.2, 0.25) is 0 Å². The molecule has 0 bridgehead atoms. The molecule has 1 fully saturated rings. The van der Waals surface area contributed by atoms with Crippen LogP contribution in [0.3, 0.4) is 0 Å². The number of hydrogen-bond donors (Lipinski definition) is 2. The summed E-state index contributed by atoms with van der Waals surface area (Å²) >= 11 is 3.45. The lowest BCUT2D eigenvalue weighted by molar-refractivity contribution is -0.128. The molecule has 0 spiro atoms. The largest absolute Gasteiger partial charge is 0.396 e. The Labute approximate surface area is 119 Å². The standard InChI is InChI=1S/C13H14BrN3O2/c14-9-1-2-11-10(3-9)12(17-8-16-11)15-4-13(5-18)6-19-7-13/h1-3,8,18H,4-7H2,(H,15,16,17). The van der Waals surface area contributed by atoms with Gasteiger partial charge in [0.25, 0.3) is 0 Å². The Kier molecular flexibility index (Phi) is 3.38. The van der Waals surface area contributed by atoms with Crippen molar-refractivity contribution in [2.45, 2.75) is 0 Å². The maximum atomic E-state index is 9.41. The lowest BCUT2D eigenvalue weighted by atomic mass is 9.87. The molecular weight excluding hydrogens is 310 g/mol. The SMILES string of the molecule is OCC1(CNc2ncnc3ccc(Br)cc23)COC1. The molecular formula is C13H14BrN3O2. The zero-order valence-corrected chi connectivity index (χ0v) is 11.9. The minimum absolute atomic E-state index is 0.118. The van der Waals surface area contributed by atoms with Crippen LogP contribution >= 0.6 is 15.9 Å². The van der Waals surface area contributed by atoms with Crippen molar-refractivity contribution >= 4 is 32.7 Å². The predicted molar refractivity (Wildman–Crippen MR) is 76.1 cm³/mol. The van der Waals surface area contributed by atoms with Crippen molar-refractivity contribution in [2.75, 3.05) is 31.7 Å². The highest BCUT2D eigenvalue weighted by molar-refractivity contribution is 9.10. The minimum Gasteiger partial charge on any atom is -0.396 e. The van der Waals surface area contributed by atoms with Crippen LogP contribution in [0, 0.1) is 5.41 Å². The lowest BCUT2D eigenvalue weighted by Crippen LogP contribution is -2.50. The number of benzene rings is 1. The van der Waals surface area contributed by atoms with Gasteiger partial charge >= 0.3 is 0 Å². The Morgan fingerprint density at radius 3 is 2.89 bits per heavy atom. The molecule has 2 N–H and O–H groups in total. The molecule has 1 aliphatic heterocycles. The fourth-order valence-corrected chi connectivity index (χ4v) is 2.44. The number of nitrogens with zero attached hydrogens (tertiary/aromatic N) is 2. The summed E-state index contributed by atoms with van der Waals surface area (Å²) in [4.78, 5) is 8.51. The van der Waals surface area contributed by atoms with Gasteiger partial charge in [-0.3, -0.25) is 0 Å². The second kappa shape index (κ2) is 5.03. The number of aliphatic hydroxyl groups is 1. The van der Waals surface area contributed by atoms with Crippen molar-refractivity contribution < 1.29 is 9.84 Å². The van der Waals surface area contributed by atoms with Crippen LogP contribution < -0.4 is 5.32 Å². The molecule has 0 amide bonds. The van der Waals surface area contributed by atoms with Crippen molar-refractivity contribution in [3.05, 3.63) is 29.0 Å². The first-order valence-electron chi connectivity index (χ1n) is 6.05. The van der Waals surface area contributed by atoms with E-state index in [0.717, 1.165) is 21.2 Å². The number of hydrogen-bond acceptors (Lipinski definition) is 5. The van der Waals surface area contributed by atoms with E-state index >= 15 is 0 Å². The summed E-state index contributed by atoms with van der Waals surface area (Å²) in [6, 6.07) is 5.88. The second-order valence-corrected chi connectivity index (χ2v) is 5.80. The predicted octanol–water partition coefficient (Wildman–Crippen LogP) is 1.81. The number of nitrogens with one attached hydrogen (secondary N) is 1. The molecule has 0 radical (unpaired) electrons. The van der Waals surface area contributed by atoms with Gasteiger partial charge in [0.05, 0.1) is 30.8 Å². The molecule has 1 saturated heterocycles. The summed E-state index contributed by atoms with van der Waals surface area (Å²) in [5.41, 5.74) is 0.715. The van der Waals surface area contributed by atoms with Crippen LogP contribution in [0.4, 0.5) is 5.82 Å². The Morgan fingerprint density at radius 1 is 1.37 bits per heavy atom. The molecule has 2 heterocycles. The fraction of sp³-hybridized carbons (Fsp3) is 0.385. The molecule has 3 rings (SSSR count). The van der Waals surface area contributed by atoms with Crippen molar-refractivity contribution in [1.82, 2.24) is 9.97 Å². The Hall–Kier alpha value is -1.24. The first-order valence-corrected chi connectivity index (χ1v) is 6.84. The average Bonchev–Trinajstić information content (AvgIpc) is 2.38. The molecule has 1 aliphatic rings. The molecule has 100 valence electrons. The summed E-state index contributed by atoms with van der Waals surface area (Å²) in [5.74, 6) is 0.783. The fourth-order valence-electron chi connectivity index (χ4n) is 2.08. The smallest absolute Gasteiger partial charge is 0.137 e. The molecule has 0 aliphatic carbocycles. The summed E-state index contributed by atoms with van der Waals surface area (Å²) < 4.78 is 6.17. The number of halogens is 1. The number of anilines is 1. The van der Waals surface area contributed by atoms with E-state index in [0.29, 0.717) is 19.8 Å². The monoisotopic (exact) mass is 323 g/mol. The van der Waals surface area contributed by atoms with Crippen LogP contribution in [0.5, 0.6) is 0 Å². The normalized spacial score (nSPS) is 17.2. The van der Waals surface area contributed by atoms with Gasteiger partial charge in [0, 0.05) is 16.4 Å². The van der Waals surface area contributed by atoms with Crippen molar-refractivity contribution in [1.29, 1.82) is 0 Å². The number of fused-ring (bicyclic) bond motifs is 1. The molecule has 1 aromatic heterocycles. The van der Waals surface area contributed by atoms with E-state index in [1.54, 1.807) is 6.33 Å². The van der Waals surface area contributed by atoms with Gasteiger partial charge in [-0.1, -0.05) is 15.9 Å². The van der Waals surface area contributed by atoms with Crippen LogP contribution in [-0.2, 0) is 4.74 Å². The molecule has 0 atom stereocenters. The minimum atomic E-state index is -0.177. The number of aromatic nitrogens is 2. The Morgan fingerprint density at radius 2 is 2.21 bits per heavy atom. The van der Waals surface area contributed by atoms with Gasteiger partial charge in [-0.05, 0) is 18.2 Å². The highest BCUT2D eigenvalue weighted by Crippen LogP contribution is 2.29. The van der Waals surface area contributed by atoms with Gasteiger partial charge in [0.1, 0.15) is 12.1 Å². The van der Waals surface area contributed by atoms with Gasteiger partial charge in [-0.2, -0.15) is 0 Å². The zero-order valence-electron chi connectivity index (χ0n) is 10.3. The van der Waals surface area contributed by atoms with Gasteiger partial charge in [-0.15, -0.1) is 0 Å². The third-order valence-corrected chi connectivity index (χ3v) is 3.87. The first kappa shape index (κ1) is 12.8. The molecule has 19 heavy (non-hydrogen) atoms. The van der Waals surface area contributed by atoms with E-state index < -0.39 is 0 Å². The second-order valence-electron chi connectivity index (χ2n) is 4.89. The van der Waals surface area contributed by atoms with E-state index in [-0.39, 0.29) is 12.0 Å². The molecule has 2 aromatic rings. The van der Waals surface area contributed by atoms with Crippen molar-refractivity contribution in [2.24, 2.45) is 5.41 Å². The maximum absolute atomic E-state index is 9.41. The van der Waals surface area contributed by atoms with Crippen molar-refractivity contribution in [3.8, 4) is 0 Å². The summed E-state index contributed by atoms with van der Waals surface area (Å²) in [7, 11) is 0. The van der Waals surface area contributed by atoms with Crippen LogP contribution in [-0.4, -0.2) is 41.4 Å². The van der Waals surface area contributed by atoms with Gasteiger partial charge < -0.3 is 15.2 Å². The quantitative estimate of drug-likeness (QED) is 0.898. The van der Waals surface area contributed by atoms with Crippen LogP contribution in [0.2, 0.25) is 0 Å². The zero-order chi connectivity index (χ0) is 13.3. The molecule has 5 nitrogen and oxygen atoms in total. The van der Waals surface area contributed by atoms with Crippen LogP contribution in [0.15, 0.2) is 29.0 Å². The van der Waals surface area contributed by atoms with E-state index in [2.05, 4.69) is 31.2 Å². The van der Waals surface area contributed by atoms with Crippen LogP contribution in [0.25, 0.3) is 10.9 Å². The van der Waals surface area contributed by atoms with E-state index in [9.17, 15) is 5.11 Å². The Balaban J connectivity index is 1.86. The highest BCUT2D eigenvalue weighted by atomic mass is 79.9. The summed E-state index contributed by atoms with van der Waals surface area (Å²) in [6.45, 7) is 1.93. The van der Waals surface area contributed by atoms with Gasteiger partial charge in [0.15, 0.2) is 0 Å². The summed E-state index contributed by atoms with van der Waals surface area (Å²) in [5, 5.41) is 13.7. The number of rotatable bonds is 4. The van der Waals surface area contributed by atoms with E-state index in [1.165, 1.54) is 0 Å². The molecule has 0 saturated carbocycles. The third-order valence-electron chi connectivity index (χ3n) is 3.38. The average molecular weight is 324 g/mol. The Bertz CT molecular complexity index is 596. The van der Waals surface area contributed by atoms with E-state index in [4.69, 9.17) is 4.74 Å². The topological polar surface area (TPSA) is 67.3 Å². The van der Waals surface area contributed by atoms with Gasteiger partial charge in [-0.25, -0.2) is 9.97 Å². The van der Waals surface area contributed by atoms with Crippen molar-refractivity contribution in [3.63, 3.8) is 0 Å². The first-order chi connectivity index (χ1) is 9.22. The lowest BCUT2D eigenvalue weighted by Gasteiger charge is -2.40. The maximum Gasteiger partial charge on any atom is 0.137 e. The number of ether oxygens (including phenoxy) is 1. The molecule has 6 heteroatoms. The summed E-state index contributed by atoms with van der Waals surface area (Å²) in [6.07, 6.45) is 1.54. The molecule has 1 aromatic carbocycles. The van der Waals surface area contributed by atoms with E-state index in [1.807, 2.05) is 18.2 Å². The highest BCUT2D eigenvalue weighted by Gasteiger charge is 2.38. The third kappa shape index (κ3) is 2.43. The molecule has 0 unspecified atom stereocenters. The number of aliphatic hydroxyl groups excluding tert-OH is 1. The van der Waals surface area contributed by atoms with Crippen LogP contribution in [0.1, 0.15) is 0 Å².